The van der Waals surface area contributed by atoms with E-state index < -0.39 is 0 Å². The molecule has 0 bridgehead atoms. The highest BCUT2D eigenvalue weighted by Gasteiger charge is 2.21. The lowest BCUT2D eigenvalue weighted by Gasteiger charge is -2.27. The zero-order chi connectivity index (χ0) is 22.2. The second kappa shape index (κ2) is 8.76. The molecule has 4 aromatic rings. The van der Waals surface area contributed by atoms with Gasteiger partial charge in [-0.1, -0.05) is 6.07 Å². The molecule has 5 heterocycles. The minimum atomic E-state index is 0.772. The Balaban J connectivity index is 1.11. The Morgan fingerprint density at radius 3 is 3.00 bits per heavy atom. The van der Waals surface area contributed by atoms with Crippen molar-refractivity contribution in [2.24, 2.45) is 4.99 Å². The van der Waals surface area contributed by atoms with Crippen LogP contribution in [0.25, 0.3) is 11.0 Å². The molecule has 2 aliphatic heterocycles. The first-order valence-electron chi connectivity index (χ1n) is 11.5. The molecule has 0 spiro atoms. The number of nitrogens with zero attached hydrogens (tertiary/aromatic N) is 5. The highest BCUT2D eigenvalue weighted by atomic mass is 32.2. The standard InChI is InChI=1S/C25H26N6OS/c1-16-5-7-20-22(12-16)30-25(29-20)33-23-8-6-18(32-23)15-31-11-9-19-17(14-31)13-27-24(28-19)21-4-2-3-10-26-21/h5-8,12-13H,2-4,9-11,14-15H2,1H3,(H,29,30). The van der Waals surface area contributed by atoms with Crippen LogP contribution in [0, 0.1) is 6.92 Å². The summed E-state index contributed by atoms with van der Waals surface area (Å²) in [5, 5.41) is 1.69. The molecule has 0 saturated carbocycles. The number of rotatable bonds is 5. The highest BCUT2D eigenvalue weighted by Crippen LogP contribution is 2.30. The molecule has 33 heavy (non-hydrogen) atoms. The monoisotopic (exact) mass is 458 g/mol. The molecule has 0 atom stereocenters. The van der Waals surface area contributed by atoms with E-state index in [1.807, 2.05) is 18.3 Å². The van der Waals surface area contributed by atoms with Crippen LogP contribution in [-0.4, -0.2) is 43.6 Å². The fourth-order valence-corrected chi connectivity index (χ4v) is 5.27. The molecule has 0 radical (unpaired) electrons. The van der Waals surface area contributed by atoms with Gasteiger partial charge >= 0.3 is 0 Å². The number of aromatic nitrogens is 4. The van der Waals surface area contributed by atoms with Crippen molar-refractivity contribution in [2.75, 3.05) is 13.1 Å². The normalized spacial score (nSPS) is 16.7. The molecule has 0 saturated heterocycles. The third-order valence-electron chi connectivity index (χ3n) is 6.22. The molecular formula is C25H26N6OS. The minimum absolute atomic E-state index is 0.772. The van der Waals surface area contributed by atoms with E-state index >= 15 is 0 Å². The van der Waals surface area contributed by atoms with Crippen LogP contribution in [-0.2, 0) is 19.5 Å². The maximum absolute atomic E-state index is 6.11. The van der Waals surface area contributed by atoms with Gasteiger partial charge in [-0.3, -0.25) is 9.89 Å². The predicted molar refractivity (Wildman–Crippen MR) is 129 cm³/mol. The van der Waals surface area contributed by atoms with Gasteiger partial charge < -0.3 is 9.40 Å². The number of aryl methyl sites for hydroxylation is 1. The summed E-state index contributed by atoms with van der Waals surface area (Å²) in [4.78, 5) is 24.5. The van der Waals surface area contributed by atoms with Gasteiger partial charge in [-0.25, -0.2) is 15.0 Å². The van der Waals surface area contributed by atoms with Crippen LogP contribution in [0.4, 0.5) is 0 Å². The fraction of sp³-hybridized carbons (Fsp3) is 0.360. The number of H-pyrrole nitrogens is 1. The number of hydrogen-bond donors (Lipinski definition) is 1. The van der Waals surface area contributed by atoms with E-state index in [4.69, 9.17) is 9.40 Å². The molecule has 0 amide bonds. The van der Waals surface area contributed by atoms with Crippen LogP contribution in [0.1, 0.15) is 47.7 Å². The van der Waals surface area contributed by atoms with Crippen molar-refractivity contribution < 1.29 is 4.42 Å². The second-order valence-electron chi connectivity index (χ2n) is 8.80. The Kier molecular flexibility index (Phi) is 5.47. The van der Waals surface area contributed by atoms with E-state index in [9.17, 15) is 0 Å². The van der Waals surface area contributed by atoms with Crippen LogP contribution in [0.15, 0.2) is 56.2 Å². The van der Waals surface area contributed by atoms with Gasteiger partial charge in [-0.2, -0.15) is 0 Å². The molecule has 6 rings (SSSR count). The SMILES string of the molecule is Cc1ccc2nc(Sc3ccc(CN4CCc5nc(C6=NCCCC6)ncc5C4)o3)[nH]c2c1. The smallest absolute Gasteiger partial charge is 0.174 e. The summed E-state index contributed by atoms with van der Waals surface area (Å²) in [6.45, 7) is 5.56. The van der Waals surface area contributed by atoms with Crippen LogP contribution < -0.4 is 0 Å². The van der Waals surface area contributed by atoms with E-state index in [1.54, 1.807) is 0 Å². The lowest BCUT2D eigenvalue weighted by Crippen LogP contribution is -2.31. The Morgan fingerprint density at radius 2 is 2.09 bits per heavy atom. The van der Waals surface area contributed by atoms with Gasteiger partial charge in [0.1, 0.15) is 5.76 Å². The van der Waals surface area contributed by atoms with Crippen LogP contribution in [0.5, 0.6) is 0 Å². The van der Waals surface area contributed by atoms with Crippen molar-refractivity contribution in [2.45, 2.75) is 55.9 Å². The van der Waals surface area contributed by atoms with Crippen molar-refractivity contribution in [3.63, 3.8) is 0 Å². The average molecular weight is 459 g/mol. The summed E-state index contributed by atoms with van der Waals surface area (Å²) in [6.07, 6.45) is 6.28. The zero-order valence-electron chi connectivity index (χ0n) is 18.7. The van der Waals surface area contributed by atoms with E-state index in [0.29, 0.717) is 0 Å². The average Bonchev–Trinajstić information content (AvgIpc) is 3.45. The Hall–Kier alpha value is -2.97. The summed E-state index contributed by atoms with van der Waals surface area (Å²) in [5.74, 6) is 1.79. The summed E-state index contributed by atoms with van der Waals surface area (Å²) in [7, 11) is 0. The topological polar surface area (TPSA) is 83.2 Å². The van der Waals surface area contributed by atoms with E-state index in [0.717, 1.165) is 77.6 Å². The molecule has 1 aromatic carbocycles. The quantitative estimate of drug-likeness (QED) is 0.456. The Labute approximate surface area is 196 Å². The molecule has 0 unspecified atom stereocenters. The van der Waals surface area contributed by atoms with E-state index in [1.165, 1.54) is 41.4 Å². The number of furan rings is 1. The molecule has 1 N–H and O–H groups in total. The lowest BCUT2D eigenvalue weighted by molar-refractivity contribution is 0.218. The Morgan fingerprint density at radius 1 is 1.12 bits per heavy atom. The van der Waals surface area contributed by atoms with Crippen molar-refractivity contribution in [3.8, 4) is 0 Å². The van der Waals surface area contributed by atoms with Gasteiger partial charge in [0.05, 0.1) is 29.0 Å². The fourth-order valence-electron chi connectivity index (χ4n) is 4.49. The summed E-state index contributed by atoms with van der Waals surface area (Å²) >= 11 is 1.52. The van der Waals surface area contributed by atoms with Crippen LogP contribution in [0.2, 0.25) is 0 Å². The van der Waals surface area contributed by atoms with Crippen molar-refractivity contribution >= 4 is 28.5 Å². The Bertz CT molecular complexity index is 1340. The molecule has 7 nitrogen and oxygen atoms in total. The van der Waals surface area contributed by atoms with Crippen molar-refractivity contribution in [3.05, 3.63) is 64.9 Å². The molecule has 2 aliphatic rings. The molecule has 0 fully saturated rings. The van der Waals surface area contributed by atoms with Gasteiger partial charge in [0.2, 0.25) is 0 Å². The highest BCUT2D eigenvalue weighted by molar-refractivity contribution is 7.99. The number of fused-ring (bicyclic) bond motifs is 2. The van der Waals surface area contributed by atoms with Gasteiger partial charge in [0, 0.05) is 37.8 Å². The molecule has 168 valence electrons. The van der Waals surface area contributed by atoms with Crippen LogP contribution >= 0.6 is 11.8 Å². The van der Waals surface area contributed by atoms with Crippen molar-refractivity contribution in [1.82, 2.24) is 24.8 Å². The largest absolute Gasteiger partial charge is 0.453 e. The number of benzene rings is 1. The summed E-state index contributed by atoms with van der Waals surface area (Å²) in [5.41, 5.74) is 6.70. The summed E-state index contributed by atoms with van der Waals surface area (Å²) in [6, 6.07) is 10.3. The minimum Gasteiger partial charge on any atom is -0.453 e. The van der Waals surface area contributed by atoms with Gasteiger partial charge in [0.15, 0.2) is 16.1 Å². The second-order valence-corrected chi connectivity index (χ2v) is 9.79. The van der Waals surface area contributed by atoms with Gasteiger partial charge in [0.25, 0.3) is 0 Å². The molecule has 8 heteroatoms. The molecule has 3 aromatic heterocycles. The first-order valence-corrected chi connectivity index (χ1v) is 12.3. The summed E-state index contributed by atoms with van der Waals surface area (Å²) < 4.78 is 6.11. The maximum Gasteiger partial charge on any atom is 0.174 e. The number of aliphatic imine (C=N–C) groups is 1. The van der Waals surface area contributed by atoms with Gasteiger partial charge in [-0.05, 0) is 67.8 Å². The number of nitrogens with one attached hydrogen (secondary N) is 1. The van der Waals surface area contributed by atoms with Gasteiger partial charge in [-0.15, -0.1) is 0 Å². The first kappa shape index (κ1) is 20.6. The zero-order valence-corrected chi connectivity index (χ0v) is 19.5. The van der Waals surface area contributed by atoms with E-state index in [2.05, 4.69) is 50.0 Å². The third-order valence-corrected chi connectivity index (χ3v) is 7.03. The number of hydrogen-bond acceptors (Lipinski definition) is 7. The number of imidazole rings is 1. The first-order chi connectivity index (χ1) is 16.2. The maximum atomic E-state index is 6.11. The van der Waals surface area contributed by atoms with Crippen LogP contribution in [0.3, 0.4) is 0 Å². The van der Waals surface area contributed by atoms with Crippen molar-refractivity contribution in [1.29, 1.82) is 0 Å². The molecular weight excluding hydrogens is 432 g/mol. The van der Waals surface area contributed by atoms with E-state index in [-0.39, 0.29) is 0 Å². The molecule has 0 aliphatic carbocycles. The lowest BCUT2D eigenvalue weighted by atomic mass is 10.1. The third kappa shape index (κ3) is 4.45. The number of aromatic amines is 1. The predicted octanol–water partition coefficient (Wildman–Crippen LogP) is 4.94.